The molecule has 1 aliphatic heterocycles. The number of hydrogen-bond donors (Lipinski definition) is 2. The van der Waals surface area contributed by atoms with Gasteiger partial charge in [-0.05, 0) is 6.08 Å². The minimum atomic E-state index is -0.539. The number of carbonyl (C=O) groups is 2. The smallest absolute Gasteiger partial charge is 0.267 e. The Morgan fingerprint density at radius 2 is 2.36 bits per heavy atom. The maximum Gasteiger partial charge on any atom is 0.292 e. The molecule has 0 unspecified atom stereocenters. The van der Waals surface area contributed by atoms with Gasteiger partial charge in [-0.3, -0.25) is 14.6 Å². The van der Waals surface area contributed by atoms with Gasteiger partial charge in [-0.15, -0.1) is 11.3 Å². The third kappa shape index (κ3) is 1.38. The highest BCUT2D eigenvalue weighted by Gasteiger charge is 2.31. The minimum absolute atomic E-state index is 0.0248. The Kier molecular flexibility index (Phi) is 2.02. The number of nitrogens with two attached hydrogens (primary N) is 1. The zero-order chi connectivity index (χ0) is 10.1. The van der Waals surface area contributed by atoms with Crippen molar-refractivity contribution in [2.24, 2.45) is 5.84 Å². The molecule has 0 bridgehead atoms. The molecule has 1 saturated heterocycles. The van der Waals surface area contributed by atoms with Crippen LogP contribution >= 0.6 is 11.3 Å². The largest absolute Gasteiger partial charge is 0.292 e. The first-order chi connectivity index (χ1) is 6.68. The van der Waals surface area contributed by atoms with Crippen LogP contribution in [0.4, 0.5) is 0 Å². The summed E-state index contributed by atoms with van der Waals surface area (Å²) in [5.74, 6) is 4.15. The molecule has 0 spiro atoms. The lowest BCUT2D eigenvalue weighted by Crippen LogP contribution is -2.41. The molecule has 7 heteroatoms. The molecule has 1 aliphatic rings. The lowest BCUT2D eigenvalue weighted by molar-refractivity contribution is -0.128. The van der Waals surface area contributed by atoms with Crippen LogP contribution in [0.5, 0.6) is 0 Å². The summed E-state index contributed by atoms with van der Waals surface area (Å²) < 4.78 is 0. The lowest BCUT2D eigenvalue weighted by Gasteiger charge is -2.02. The van der Waals surface area contributed by atoms with Crippen molar-refractivity contribution >= 4 is 29.2 Å². The minimum Gasteiger partial charge on any atom is -0.267 e. The second kappa shape index (κ2) is 3.20. The molecule has 14 heavy (non-hydrogen) atoms. The summed E-state index contributed by atoms with van der Waals surface area (Å²) in [5.41, 5.74) is 3.81. The zero-order valence-electron chi connectivity index (χ0n) is 6.93. The summed E-state index contributed by atoms with van der Waals surface area (Å²) in [6.45, 7) is 0. The third-order valence-electron chi connectivity index (χ3n) is 1.65. The first-order valence-electron chi connectivity index (χ1n) is 3.69. The number of thiazole rings is 1. The molecule has 1 aromatic heterocycles. The van der Waals surface area contributed by atoms with E-state index in [1.807, 2.05) is 0 Å². The number of amides is 2. The van der Waals surface area contributed by atoms with Gasteiger partial charge in [0.25, 0.3) is 11.8 Å². The van der Waals surface area contributed by atoms with Crippen LogP contribution in [-0.2, 0) is 9.59 Å². The Hall–Kier alpha value is -1.73. The van der Waals surface area contributed by atoms with Crippen molar-refractivity contribution in [2.75, 3.05) is 0 Å². The van der Waals surface area contributed by atoms with Crippen molar-refractivity contribution in [3.63, 3.8) is 0 Å². The number of rotatable bonds is 1. The molecule has 6 nitrogen and oxygen atoms in total. The average molecular weight is 210 g/mol. The van der Waals surface area contributed by atoms with E-state index in [0.29, 0.717) is 5.12 Å². The van der Waals surface area contributed by atoms with E-state index in [1.165, 1.54) is 17.4 Å². The Morgan fingerprint density at radius 1 is 1.57 bits per heavy atom. The van der Waals surface area contributed by atoms with Gasteiger partial charge in [-0.25, -0.2) is 11.3 Å². The van der Waals surface area contributed by atoms with E-state index in [0.717, 1.165) is 4.88 Å². The summed E-state index contributed by atoms with van der Waals surface area (Å²) in [5, 5.41) is 0.662. The molecule has 0 aromatic carbocycles. The topological polar surface area (TPSA) is 88.3 Å². The van der Waals surface area contributed by atoms with Crippen LogP contribution in [0.2, 0.25) is 0 Å². The molecule has 0 atom stereocenters. The maximum atomic E-state index is 11.3. The number of hydrazine groups is 2. The first kappa shape index (κ1) is 8.85. The van der Waals surface area contributed by atoms with Crippen LogP contribution in [-0.4, -0.2) is 21.9 Å². The first-order valence-corrected chi connectivity index (χ1v) is 4.57. The van der Waals surface area contributed by atoms with Crippen molar-refractivity contribution in [1.82, 2.24) is 15.5 Å². The number of nitrogens with zero attached hydrogens (tertiary/aromatic N) is 2. The highest BCUT2D eigenvalue weighted by Crippen LogP contribution is 2.14. The van der Waals surface area contributed by atoms with Crippen molar-refractivity contribution in [3.05, 3.63) is 22.2 Å². The standard InChI is InChI=1S/C7H6N4O2S/c8-11-7(13)5(6(12)10-11)1-4-2-9-3-14-4/h1-3H,8H2,(H,10,12). The van der Waals surface area contributed by atoms with Gasteiger partial charge in [-0.2, -0.15) is 5.12 Å². The van der Waals surface area contributed by atoms with Crippen LogP contribution in [0.15, 0.2) is 17.3 Å². The van der Waals surface area contributed by atoms with E-state index in [1.54, 1.807) is 11.7 Å². The quantitative estimate of drug-likeness (QED) is 0.277. The fourth-order valence-corrected chi connectivity index (χ4v) is 1.56. The van der Waals surface area contributed by atoms with E-state index in [4.69, 9.17) is 5.84 Å². The van der Waals surface area contributed by atoms with Crippen molar-refractivity contribution < 1.29 is 9.59 Å². The predicted molar refractivity (Wildman–Crippen MR) is 49.3 cm³/mol. The summed E-state index contributed by atoms with van der Waals surface area (Å²) >= 11 is 1.34. The van der Waals surface area contributed by atoms with E-state index < -0.39 is 11.8 Å². The third-order valence-corrected chi connectivity index (χ3v) is 2.38. The fourth-order valence-electron chi connectivity index (χ4n) is 1.01. The van der Waals surface area contributed by atoms with Gasteiger partial charge in [0.15, 0.2) is 0 Å². The molecule has 0 saturated carbocycles. The molecule has 2 amide bonds. The van der Waals surface area contributed by atoms with E-state index >= 15 is 0 Å². The van der Waals surface area contributed by atoms with Crippen LogP contribution in [0.1, 0.15) is 4.88 Å². The number of carbonyl (C=O) groups excluding carboxylic acids is 2. The molecular weight excluding hydrogens is 204 g/mol. The summed E-state index contributed by atoms with van der Waals surface area (Å²) in [6.07, 6.45) is 3.03. The highest BCUT2D eigenvalue weighted by atomic mass is 32.1. The van der Waals surface area contributed by atoms with Crippen molar-refractivity contribution in [2.45, 2.75) is 0 Å². The molecule has 1 aromatic rings. The van der Waals surface area contributed by atoms with Crippen LogP contribution in [0.3, 0.4) is 0 Å². The Balaban J connectivity index is 2.35. The van der Waals surface area contributed by atoms with Crippen LogP contribution in [0, 0.1) is 0 Å². The van der Waals surface area contributed by atoms with Gasteiger partial charge in [-0.1, -0.05) is 0 Å². The van der Waals surface area contributed by atoms with Gasteiger partial charge in [0.1, 0.15) is 5.57 Å². The van der Waals surface area contributed by atoms with Gasteiger partial charge in [0, 0.05) is 11.1 Å². The van der Waals surface area contributed by atoms with E-state index in [2.05, 4.69) is 10.4 Å². The second-order valence-corrected chi connectivity index (χ2v) is 3.50. The zero-order valence-corrected chi connectivity index (χ0v) is 7.75. The molecule has 72 valence electrons. The average Bonchev–Trinajstić information content (AvgIpc) is 2.71. The maximum absolute atomic E-state index is 11.3. The number of nitrogens with one attached hydrogen (secondary N) is 1. The predicted octanol–water partition coefficient (Wildman–Crippen LogP) is -0.726. The van der Waals surface area contributed by atoms with Crippen molar-refractivity contribution in [3.8, 4) is 0 Å². The Labute approximate surface area is 83.0 Å². The molecule has 1 fully saturated rings. The molecule has 2 rings (SSSR count). The normalized spacial score (nSPS) is 19.2. The molecule has 0 aliphatic carbocycles. The Morgan fingerprint density at radius 3 is 2.86 bits per heavy atom. The number of hydrogen-bond acceptors (Lipinski definition) is 5. The van der Waals surface area contributed by atoms with Crippen LogP contribution < -0.4 is 11.3 Å². The monoisotopic (exact) mass is 210 g/mol. The summed E-state index contributed by atoms with van der Waals surface area (Å²) in [4.78, 5) is 27.0. The molecule has 0 radical (unpaired) electrons. The van der Waals surface area contributed by atoms with Gasteiger partial charge < -0.3 is 0 Å². The fraction of sp³-hybridized carbons (Fsp3) is 0. The molecular formula is C7H6N4O2S. The van der Waals surface area contributed by atoms with Gasteiger partial charge in [0.2, 0.25) is 0 Å². The lowest BCUT2D eigenvalue weighted by atomic mass is 10.2. The second-order valence-electron chi connectivity index (χ2n) is 2.58. The van der Waals surface area contributed by atoms with Gasteiger partial charge in [0.05, 0.1) is 5.51 Å². The number of aromatic nitrogens is 1. The summed E-state index contributed by atoms with van der Waals surface area (Å²) in [7, 11) is 0. The van der Waals surface area contributed by atoms with Gasteiger partial charge >= 0.3 is 0 Å². The van der Waals surface area contributed by atoms with E-state index in [-0.39, 0.29) is 5.57 Å². The molecule has 3 N–H and O–H groups in total. The highest BCUT2D eigenvalue weighted by molar-refractivity contribution is 7.10. The van der Waals surface area contributed by atoms with E-state index in [9.17, 15) is 9.59 Å². The summed E-state index contributed by atoms with van der Waals surface area (Å²) in [6, 6.07) is 0. The SMILES string of the molecule is NN1NC(=O)C(=Cc2cncs2)C1=O. The Bertz CT molecular complexity index is 411. The molecule has 2 heterocycles. The van der Waals surface area contributed by atoms with Crippen LogP contribution in [0.25, 0.3) is 6.08 Å². The van der Waals surface area contributed by atoms with Crippen molar-refractivity contribution in [1.29, 1.82) is 0 Å².